The van der Waals surface area contributed by atoms with Crippen molar-refractivity contribution < 1.29 is 44.9 Å². The molecule has 0 aromatic heterocycles. The molecule has 0 aliphatic carbocycles. The Labute approximate surface area is 399 Å². The number of nitrogens with one attached hydrogen (secondary N) is 1. The predicted octanol–water partition coefficient (Wildman–Crippen LogP) is 12.2. The molecule has 1 amide bonds. The largest absolute Gasteiger partial charge is 0.394 e. The fourth-order valence-electron chi connectivity index (χ4n) is 9.16. The summed E-state index contributed by atoms with van der Waals surface area (Å²) in [6.07, 6.45) is 44.1. The number of aliphatic hydroxyl groups excluding tert-OH is 6. The van der Waals surface area contributed by atoms with E-state index in [0.717, 1.165) is 57.8 Å². The molecular weight excluding hydrogens is 819 g/mol. The highest BCUT2D eigenvalue weighted by Gasteiger charge is 2.44. The van der Waals surface area contributed by atoms with Crippen LogP contribution in [0, 0.1) is 0 Å². The summed E-state index contributed by atoms with van der Waals surface area (Å²) in [6.45, 7) is 3.70. The molecule has 386 valence electrons. The normalized spacial score (nSPS) is 20.4. The maximum absolute atomic E-state index is 13.1. The third kappa shape index (κ3) is 34.8. The van der Waals surface area contributed by atoms with Crippen molar-refractivity contribution in [3.05, 3.63) is 12.2 Å². The van der Waals surface area contributed by atoms with Crippen molar-refractivity contribution in [2.24, 2.45) is 0 Å². The number of amides is 1. The van der Waals surface area contributed by atoms with Crippen LogP contribution in [0.5, 0.6) is 0 Å². The average Bonchev–Trinajstić information content (AvgIpc) is 3.31. The fourth-order valence-corrected chi connectivity index (χ4v) is 9.16. The molecule has 7 N–H and O–H groups in total. The van der Waals surface area contributed by atoms with Gasteiger partial charge in [-0.3, -0.25) is 4.79 Å². The molecule has 10 heteroatoms. The summed E-state index contributed by atoms with van der Waals surface area (Å²) in [7, 11) is 0. The van der Waals surface area contributed by atoms with Gasteiger partial charge in [0.25, 0.3) is 0 Å². The minimum absolute atomic E-state index is 0.253. The van der Waals surface area contributed by atoms with Crippen molar-refractivity contribution >= 4 is 5.91 Å². The Morgan fingerprint density at radius 1 is 0.508 bits per heavy atom. The Kier molecular flexibility index (Phi) is 43.2. The van der Waals surface area contributed by atoms with E-state index in [1.54, 1.807) is 0 Å². The molecule has 8 atom stereocenters. The van der Waals surface area contributed by atoms with Crippen molar-refractivity contribution in [1.82, 2.24) is 5.32 Å². The third-order valence-electron chi connectivity index (χ3n) is 13.7. The van der Waals surface area contributed by atoms with Gasteiger partial charge in [-0.2, -0.15) is 0 Å². The minimum atomic E-state index is -1.60. The van der Waals surface area contributed by atoms with Crippen LogP contribution in [-0.2, 0) is 14.3 Å². The van der Waals surface area contributed by atoms with Crippen molar-refractivity contribution in [2.45, 2.75) is 320 Å². The van der Waals surface area contributed by atoms with Crippen LogP contribution in [0.25, 0.3) is 0 Å². The first-order chi connectivity index (χ1) is 31.8. The summed E-state index contributed by atoms with van der Waals surface area (Å²) in [5.74, 6) is -0.583. The lowest BCUT2D eigenvalue weighted by molar-refractivity contribution is -0.302. The molecule has 65 heavy (non-hydrogen) atoms. The first-order valence-corrected chi connectivity index (χ1v) is 28.0. The van der Waals surface area contributed by atoms with Gasteiger partial charge >= 0.3 is 0 Å². The van der Waals surface area contributed by atoms with E-state index in [0.29, 0.717) is 12.8 Å². The SMILES string of the molecule is CCCCCCCCCCCCCC/C=C\CCCCCCCCCC(O)C(=O)NC(COC1OC(CO)C(O)C(O)C1O)C(O)CCCCCCCCCCCCCCCCCCC. The van der Waals surface area contributed by atoms with E-state index in [1.165, 1.54) is 186 Å². The van der Waals surface area contributed by atoms with Crippen LogP contribution in [0.15, 0.2) is 12.2 Å². The molecule has 1 fully saturated rings. The molecule has 1 rings (SSSR count). The zero-order valence-electron chi connectivity index (χ0n) is 42.4. The number of hydrogen-bond donors (Lipinski definition) is 7. The molecule has 0 radical (unpaired) electrons. The molecule has 1 saturated heterocycles. The number of unbranched alkanes of at least 4 members (excludes halogenated alkanes) is 35. The van der Waals surface area contributed by atoms with E-state index in [2.05, 4.69) is 31.3 Å². The molecule has 1 aliphatic rings. The number of carbonyl (C=O) groups is 1. The molecule has 0 aromatic carbocycles. The number of carbonyl (C=O) groups excluding carboxylic acids is 1. The van der Waals surface area contributed by atoms with Crippen LogP contribution in [0.3, 0.4) is 0 Å². The molecule has 0 saturated carbocycles. The van der Waals surface area contributed by atoms with Crippen LogP contribution >= 0.6 is 0 Å². The van der Waals surface area contributed by atoms with Gasteiger partial charge in [0.15, 0.2) is 6.29 Å². The fraction of sp³-hybridized carbons (Fsp3) is 0.945. The highest BCUT2D eigenvalue weighted by Crippen LogP contribution is 2.23. The van der Waals surface area contributed by atoms with Gasteiger partial charge in [-0.05, 0) is 38.5 Å². The Balaban J connectivity index is 2.27. The monoisotopic (exact) mass is 926 g/mol. The third-order valence-corrected chi connectivity index (χ3v) is 13.7. The Bertz CT molecular complexity index is 1050. The highest BCUT2D eigenvalue weighted by molar-refractivity contribution is 5.80. The van der Waals surface area contributed by atoms with Gasteiger partial charge in [-0.1, -0.05) is 244 Å². The van der Waals surface area contributed by atoms with Gasteiger partial charge in [0.2, 0.25) is 5.91 Å². The second kappa shape index (κ2) is 45.3. The van der Waals surface area contributed by atoms with Gasteiger partial charge in [0.1, 0.15) is 30.5 Å². The lowest BCUT2D eigenvalue weighted by Crippen LogP contribution is -2.60. The Morgan fingerprint density at radius 2 is 0.862 bits per heavy atom. The molecule has 1 heterocycles. The Hall–Kier alpha value is -1.11. The predicted molar refractivity (Wildman–Crippen MR) is 269 cm³/mol. The molecule has 0 bridgehead atoms. The maximum atomic E-state index is 13.1. The van der Waals surface area contributed by atoms with E-state index in [1.807, 2.05) is 0 Å². The van der Waals surface area contributed by atoms with Crippen molar-refractivity contribution in [1.29, 1.82) is 0 Å². The van der Waals surface area contributed by atoms with E-state index < -0.39 is 61.5 Å². The quantitative estimate of drug-likeness (QED) is 0.0232. The summed E-state index contributed by atoms with van der Waals surface area (Å²) in [5.41, 5.74) is 0. The second-order valence-corrected chi connectivity index (χ2v) is 19.9. The van der Waals surface area contributed by atoms with E-state index >= 15 is 0 Å². The van der Waals surface area contributed by atoms with E-state index in [4.69, 9.17) is 9.47 Å². The zero-order chi connectivity index (χ0) is 47.4. The molecule has 8 unspecified atom stereocenters. The zero-order valence-corrected chi connectivity index (χ0v) is 42.4. The first-order valence-electron chi connectivity index (χ1n) is 28.0. The summed E-state index contributed by atoms with van der Waals surface area (Å²) in [6, 6.07) is -0.894. The van der Waals surface area contributed by atoms with Crippen molar-refractivity contribution in [3.8, 4) is 0 Å². The van der Waals surface area contributed by atoms with Crippen molar-refractivity contribution in [2.75, 3.05) is 13.2 Å². The van der Waals surface area contributed by atoms with Gasteiger partial charge < -0.3 is 45.4 Å². The average molecular weight is 926 g/mol. The van der Waals surface area contributed by atoms with Crippen LogP contribution < -0.4 is 5.32 Å². The Morgan fingerprint density at radius 3 is 1.25 bits per heavy atom. The maximum Gasteiger partial charge on any atom is 0.249 e. The number of ether oxygens (including phenoxy) is 2. The van der Waals surface area contributed by atoms with E-state index in [9.17, 15) is 35.4 Å². The molecule has 0 spiro atoms. The minimum Gasteiger partial charge on any atom is -0.394 e. The second-order valence-electron chi connectivity index (χ2n) is 19.9. The number of hydrogen-bond acceptors (Lipinski definition) is 9. The molecular formula is C55H107NO9. The topological polar surface area (TPSA) is 169 Å². The summed E-state index contributed by atoms with van der Waals surface area (Å²) in [4.78, 5) is 13.1. The van der Waals surface area contributed by atoms with Crippen LogP contribution in [0.4, 0.5) is 0 Å². The summed E-state index contributed by atoms with van der Waals surface area (Å²) >= 11 is 0. The van der Waals surface area contributed by atoms with Gasteiger partial charge in [0, 0.05) is 0 Å². The summed E-state index contributed by atoms with van der Waals surface area (Å²) in [5, 5.41) is 65.2. The molecule has 10 nitrogen and oxygen atoms in total. The number of rotatable bonds is 48. The lowest BCUT2D eigenvalue weighted by Gasteiger charge is -2.40. The standard InChI is InChI=1S/C55H107NO9/c1-3-5-7-9-11-13-15-17-19-21-22-23-24-25-26-28-30-32-34-36-38-40-42-44-49(59)54(63)56-47(46-64-55-53(62)52(61)51(60)50(45-57)65-55)48(58)43-41-39-37-35-33-31-29-27-20-18-16-14-12-10-8-6-4-2/h25-26,47-53,55,57-62H,3-24,27-46H2,1-2H3,(H,56,63)/b26-25-. The van der Waals surface area contributed by atoms with Crippen LogP contribution in [0.1, 0.15) is 271 Å². The molecule has 0 aromatic rings. The van der Waals surface area contributed by atoms with Gasteiger partial charge in [0.05, 0.1) is 25.4 Å². The lowest BCUT2D eigenvalue weighted by atomic mass is 9.99. The van der Waals surface area contributed by atoms with Gasteiger partial charge in [-0.25, -0.2) is 0 Å². The first kappa shape index (κ1) is 61.9. The number of allylic oxidation sites excluding steroid dienone is 2. The molecule has 1 aliphatic heterocycles. The highest BCUT2D eigenvalue weighted by atomic mass is 16.7. The number of aliphatic hydroxyl groups is 6. The smallest absolute Gasteiger partial charge is 0.249 e. The van der Waals surface area contributed by atoms with Crippen molar-refractivity contribution in [3.63, 3.8) is 0 Å². The van der Waals surface area contributed by atoms with Gasteiger partial charge in [-0.15, -0.1) is 0 Å². The summed E-state index contributed by atoms with van der Waals surface area (Å²) < 4.78 is 11.2. The van der Waals surface area contributed by atoms with E-state index in [-0.39, 0.29) is 6.61 Å². The van der Waals surface area contributed by atoms with Crippen LogP contribution in [-0.4, -0.2) is 98.7 Å². The van der Waals surface area contributed by atoms with Crippen LogP contribution in [0.2, 0.25) is 0 Å².